The molecule has 28 heavy (non-hydrogen) atoms. The molecule has 1 atom stereocenters. The van der Waals surface area contributed by atoms with E-state index in [2.05, 4.69) is 55.5 Å². The number of benzene rings is 4. The minimum absolute atomic E-state index is 0.188. The van der Waals surface area contributed by atoms with Crippen molar-refractivity contribution in [2.45, 2.75) is 18.8 Å². The molecule has 0 amide bonds. The van der Waals surface area contributed by atoms with Gasteiger partial charge in [0, 0.05) is 5.41 Å². The Morgan fingerprint density at radius 3 is 1.79 bits per heavy atom. The third kappa shape index (κ3) is 2.51. The molecule has 0 saturated carbocycles. The summed E-state index contributed by atoms with van der Waals surface area (Å²) in [6.45, 7) is 2.28. The van der Waals surface area contributed by atoms with Crippen molar-refractivity contribution in [1.82, 2.24) is 0 Å². The van der Waals surface area contributed by atoms with Gasteiger partial charge in [-0.2, -0.15) is 0 Å². The number of hydrogen-bond donors (Lipinski definition) is 2. The van der Waals surface area contributed by atoms with E-state index in [0.29, 0.717) is 5.46 Å². The first-order valence-corrected chi connectivity index (χ1v) is 9.66. The van der Waals surface area contributed by atoms with Crippen LogP contribution in [0.15, 0.2) is 72.8 Å². The fourth-order valence-electron chi connectivity index (χ4n) is 4.78. The van der Waals surface area contributed by atoms with E-state index in [4.69, 9.17) is 0 Å². The first-order valence-electron chi connectivity index (χ1n) is 9.66. The minimum atomic E-state index is -1.51. The first-order chi connectivity index (χ1) is 13.6. The third-order valence-electron chi connectivity index (χ3n) is 6.02. The van der Waals surface area contributed by atoms with Gasteiger partial charge in [-0.1, -0.05) is 91.9 Å². The summed E-state index contributed by atoms with van der Waals surface area (Å²) in [4.78, 5) is 0. The van der Waals surface area contributed by atoms with Gasteiger partial charge in [0.15, 0.2) is 0 Å². The molecule has 0 saturated heterocycles. The van der Waals surface area contributed by atoms with Crippen molar-refractivity contribution in [2.24, 2.45) is 0 Å². The molecular weight excluding hydrogens is 343 g/mol. The van der Waals surface area contributed by atoms with Gasteiger partial charge in [-0.3, -0.25) is 0 Å². The highest BCUT2D eigenvalue weighted by Crippen LogP contribution is 2.40. The quantitative estimate of drug-likeness (QED) is 0.424. The first kappa shape index (κ1) is 17.2. The van der Waals surface area contributed by atoms with Gasteiger partial charge in [-0.15, -0.1) is 0 Å². The summed E-state index contributed by atoms with van der Waals surface area (Å²) in [6.07, 6.45) is 5.58. The third-order valence-corrected chi connectivity index (χ3v) is 6.02. The second-order valence-corrected chi connectivity index (χ2v) is 7.85. The molecule has 2 N–H and O–H groups in total. The van der Waals surface area contributed by atoms with Crippen LogP contribution in [0.5, 0.6) is 0 Å². The summed E-state index contributed by atoms with van der Waals surface area (Å²) in [5.41, 5.74) is 1.64. The van der Waals surface area contributed by atoms with E-state index in [1.165, 1.54) is 16.0 Å². The van der Waals surface area contributed by atoms with Gasteiger partial charge in [-0.25, -0.2) is 0 Å². The summed E-state index contributed by atoms with van der Waals surface area (Å²) in [7, 11) is -1.51. The standard InChI is InChI=1S/C25H21BO2/c1-25(15-14-17-8-2-3-9-18(17)16-25)23-19-10-4-6-12-21(19)24(26(27)28)22-13-7-5-11-20(22)23/h2-14,16,27-28H,15H2,1H3. The van der Waals surface area contributed by atoms with Crippen molar-refractivity contribution < 1.29 is 10.0 Å². The molecule has 5 rings (SSSR count). The van der Waals surface area contributed by atoms with E-state index >= 15 is 0 Å². The minimum Gasteiger partial charge on any atom is -0.423 e. The highest BCUT2D eigenvalue weighted by molar-refractivity contribution is 6.65. The fourth-order valence-corrected chi connectivity index (χ4v) is 4.78. The smallest absolute Gasteiger partial charge is 0.423 e. The second kappa shape index (κ2) is 6.34. The molecule has 0 radical (unpaired) electrons. The predicted octanol–water partition coefficient (Wildman–Crippen LogP) is 2.60. The molecule has 3 heteroatoms. The molecule has 0 aliphatic heterocycles. The van der Waals surface area contributed by atoms with Crippen LogP contribution in [-0.2, 0) is 5.41 Å². The summed E-state index contributed by atoms with van der Waals surface area (Å²) < 4.78 is 0. The van der Waals surface area contributed by atoms with Crippen molar-refractivity contribution >= 4 is 46.3 Å². The molecule has 0 fully saturated rings. The van der Waals surface area contributed by atoms with Crippen LogP contribution >= 0.6 is 0 Å². The van der Waals surface area contributed by atoms with Crippen LogP contribution in [0.3, 0.4) is 0 Å². The van der Waals surface area contributed by atoms with Crippen LogP contribution in [0.4, 0.5) is 0 Å². The molecule has 1 unspecified atom stereocenters. The van der Waals surface area contributed by atoms with Gasteiger partial charge in [0.05, 0.1) is 0 Å². The van der Waals surface area contributed by atoms with E-state index in [-0.39, 0.29) is 5.41 Å². The molecule has 1 aliphatic carbocycles. The lowest BCUT2D eigenvalue weighted by atomic mass is 9.67. The summed E-state index contributed by atoms with van der Waals surface area (Å²) in [6, 6.07) is 24.6. The molecule has 1 aliphatic rings. The van der Waals surface area contributed by atoms with Crippen molar-refractivity contribution in [2.75, 3.05) is 0 Å². The summed E-state index contributed by atoms with van der Waals surface area (Å²) in [5, 5.41) is 26.8. The largest absolute Gasteiger partial charge is 0.489 e. The molecule has 4 aromatic carbocycles. The van der Waals surface area contributed by atoms with Crippen LogP contribution in [0.1, 0.15) is 18.9 Å². The van der Waals surface area contributed by atoms with Gasteiger partial charge >= 0.3 is 7.12 Å². The Labute approximate surface area is 164 Å². The van der Waals surface area contributed by atoms with Gasteiger partial charge in [0.25, 0.3) is 0 Å². The zero-order chi connectivity index (χ0) is 19.3. The van der Waals surface area contributed by atoms with Gasteiger partial charge in [0.2, 0.25) is 0 Å². The Hall–Kier alpha value is -2.88. The number of rotatable bonds is 2. The molecule has 2 nitrogen and oxygen atoms in total. The van der Waals surface area contributed by atoms with Crippen LogP contribution in [0.2, 0.25) is 0 Å². The molecule has 0 aromatic heterocycles. The molecule has 4 aromatic rings. The molecule has 136 valence electrons. The van der Waals surface area contributed by atoms with Crippen molar-refractivity contribution in [3.8, 4) is 0 Å². The maximum Gasteiger partial charge on any atom is 0.489 e. The van der Waals surface area contributed by atoms with E-state index in [1.54, 1.807) is 0 Å². The predicted molar refractivity (Wildman–Crippen MR) is 118 cm³/mol. The number of hydrogen-bond acceptors (Lipinski definition) is 2. The monoisotopic (exact) mass is 364 g/mol. The Kier molecular flexibility index (Phi) is 3.90. The zero-order valence-electron chi connectivity index (χ0n) is 15.8. The molecule has 0 spiro atoms. The molecular formula is C25H21BO2. The van der Waals surface area contributed by atoms with Crippen molar-refractivity contribution in [3.05, 3.63) is 88.8 Å². The van der Waals surface area contributed by atoms with Gasteiger partial charge in [0.1, 0.15) is 0 Å². The van der Waals surface area contributed by atoms with Crippen LogP contribution in [0, 0.1) is 0 Å². The van der Waals surface area contributed by atoms with Crippen LogP contribution in [0.25, 0.3) is 33.7 Å². The Morgan fingerprint density at radius 1 is 0.714 bits per heavy atom. The fraction of sp³-hybridized carbons (Fsp3) is 0.120. The highest BCUT2D eigenvalue weighted by Gasteiger charge is 2.31. The lowest BCUT2D eigenvalue weighted by Crippen LogP contribution is -2.36. The van der Waals surface area contributed by atoms with E-state index in [0.717, 1.165) is 28.0 Å². The zero-order valence-corrected chi connectivity index (χ0v) is 15.8. The average molecular weight is 364 g/mol. The lowest BCUT2D eigenvalue weighted by Gasteiger charge is -2.31. The Balaban J connectivity index is 1.95. The molecule has 0 bridgehead atoms. The maximum atomic E-state index is 10.2. The second-order valence-electron chi connectivity index (χ2n) is 7.85. The summed E-state index contributed by atoms with van der Waals surface area (Å²) in [5.74, 6) is 0. The summed E-state index contributed by atoms with van der Waals surface area (Å²) >= 11 is 0. The average Bonchev–Trinajstić information content (AvgIpc) is 2.71. The normalized spacial score (nSPS) is 18.4. The van der Waals surface area contributed by atoms with Gasteiger partial charge < -0.3 is 10.0 Å². The molecule has 0 heterocycles. The van der Waals surface area contributed by atoms with Crippen LogP contribution in [-0.4, -0.2) is 17.2 Å². The van der Waals surface area contributed by atoms with Crippen molar-refractivity contribution in [3.63, 3.8) is 0 Å². The van der Waals surface area contributed by atoms with Crippen LogP contribution < -0.4 is 15.9 Å². The van der Waals surface area contributed by atoms with Crippen molar-refractivity contribution in [1.29, 1.82) is 0 Å². The van der Waals surface area contributed by atoms with E-state index < -0.39 is 7.12 Å². The van der Waals surface area contributed by atoms with E-state index in [1.807, 2.05) is 36.4 Å². The number of fused-ring (bicyclic) bond motifs is 3. The lowest BCUT2D eigenvalue weighted by molar-refractivity contribution is 0.426. The highest BCUT2D eigenvalue weighted by atomic mass is 16.4. The van der Waals surface area contributed by atoms with Gasteiger partial charge in [-0.05, 0) is 49.4 Å². The maximum absolute atomic E-state index is 10.2. The Bertz CT molecular complexity index is 1280. The topological polar surface area (TPSA) is 40.5 Å². The Morgan fingerprint density at radius 2 is 1.21 bits per heavy atom. The van der Waals surface area contributed by atoms with E-state index in [9.17, 15) is 10.0 Å². The SMILES string of the molecule is CC1(c2c3ccccc3c(B(O)O)c3ccccc23)C=c2ccccc2=CC1.